The lowest BCUT2D eigenvalue weighted by molar-refractivity contribution is -0.167. The van der Waals surface area contributed by atoms with E-state index in [2.05, 4.69) is 93.7 Å². The number of unbranched alkanes of at least 4 members (excludes halogenated alkanes) is 32. The topological polar surface area (TPSA) is 78.9 Å². The molecule has 0 spiro atoms. The monoisotopic (exact) mass is 991 g/mol. The molecule has 0 bridgehead atoms. The first kappa shape index (κ1) is 67.8. The molecule has 0 aliphatic heterocycles. The highest BCUT2D eigenvalue weighted by molar-refractivity contribution is 5.71. The number of ether oxygens (including phenoxy) is 3. The molecule has 0 heterocycles. The van der Waals surface area contributed by atoms with E-state index in [1.807, 2.05) is 0 Å². The third-order valence-electron chi connectivity index (χ3n) is 13.2. The number of hydrogen-bond acceptors (Lipinski definition) is 6. The van der Waals surface area contributed by atoms with Crippen LogP contribution < -0.4 is 0 Å². The van der Waals surface area contributed by atoms with Crippen molar-refractivity contribution in [1.82, 2.24) is 0 Å². The van der Waals surface area contributed by atoms with Crippen LogP contribution in [-0.2, 0) is 28.6 Å². The van der Waals surface area contributed by atoms with Gasteiger partial charge in [0.05, 0.1) is 0 Å². The minimum absolute atomic E-state index is 0.0815. The van der Waals surface area contributed by atoms with Crippen molar-refractivity contribution in [3.05, 3.63) is 72.9 Å². The fourth-order valence-electron chi connectivity index (χ4n) is 8.64. The van der Waals surface area contributed by atoms with Crippen LogP contribution in [0, 0.1) is 0 Å². The van der Waals surface area contributed by atoms with E-state index in [9.17, 15) is 14.4 Å². The van der Waals surface area contributed by atoms with Crippen molar-refractivity contribution in [2.45, 2.75) is 309 Å². The second kappa shape index (κ2) is 59.4. The van der Waals surface area contributed by atoms with Gasteiger partial charge in [0.15, 0.2) is 6.10 Å². The number of hydrogen-bond donors (Lipinski definition) is 0. The van der Waals surface area contributed by atoms with Crippen molar-refractivity contribution in [2.24, 2.45) is 0 Å². The minimum Gasteiger partial charge on any atom is -0.462 e. The van der Waals surface area contributed by atoms with E-state index in [0.29, 0.717) is 19.3 Å². The number of carbonyl (C=O) groups is 3. The van der Waals surface area contributed by atoms with Gasteiger partial charge in [0, 0.05) is 19.3 Å². The molecule has 0 aliphatic rings. The Morgan fingerprint density at radius 1 is 0.296 bits per heavy atom. The Hall–Kier alpha value is -3.15. The fraction of sp³-hybridized carbons (Fsp3) is 0.769. The average molecular weight is 992 g/mol. The van der Waals surface area contributed by atoms with Crippen LogP contribution in [0.3, 0.4) is 0 Å². The number of esters is 3. The fourth-order valence-corrected chi connectivity index (χ4v) is 8.64. The van der Waals surface area contributed by atoms with E-state index in [1.165, 1.54) is 154 Å². The molecule has 1 unspecified atom stereocenters. The van der Waals surface area contributed by atoms with Crippen LogP contribution in [0.2, 0.25) is 0 Å². The Labute approximate surface area is 440 Å². The van der Waals surface area contributed by atoms with E-state index in [-0.39, 0.29) is 31.1 Å². The number of allylic oxidation sites excluding steroid dienone is 12. The lowest BCUT2D eigenvalue weighted by Gasteiger charge is -2.18. The highest BCUT2D eigenvalue weighted by Gasteiger charge is 2.19. The molecule has 0 aromatic carbocycles. The third kappa shape index (κ3) is 57.6. The molecule has 6 nitrogen and oxygen atoms in total. The van der Waals surface area contributed by atoms with Crippen LogP contribution in [0.1, 0.15) is 303 Å². The summed E-state index contributed by atoms with van der Waals surface area (Å²) in [6.45, 7) is 6.52. The maximum Gasteiger partial charge on any atom is 0.306 e. The van der Waals surface area contributed by atoms with Crippen LogP contribution in [0.25, 0.3) is 0 Å². The third-order valence-corrected chi connectivity index (χ3v) is 13.2. The second-order valence-electron chi connectivity index (χ2n) is 20.2. The zero-order valence-electron chi connectivity index (χ0n) is 47.0. The van der Waals surface area contributed by atoms with Gasteiger partial charge < -0.3 is 14.2 Å². The van der Waals surface area contributed by atoms with Crippen molar-refractivity contribution in [1.29, 1.82) is 0 Å². The Bertz CT molecular complexity index is 1320. The molecule has 410 valence electrons. The van der Waals surface area contributed by atoms with Gasteiger partial charge in [-0.2, -0.15) is 0 Å². The van der Waals surface area contributed by atoms with Crippen LogP contribution in [0.4, 0.5) is 0 Å². The van der Waals surface area contributed by atoms with E-state index in [1.54, 1.807) is 0 Å². The molecule has 0 amide bonds. The molecule has 6 heteroatoms. The molecule has 71 heavy (non-hydrogen) atoms. The van der Waals surface area contributed by atoms with Crippen molar-refractivity contribution >= 4 is 17.9 Å². The number of rotatable bonds is 55. The highest BCUT2D eigenvalue weighted by atomic mass is 16.6. The molecule has 0 N–H and O–H groups in total. The van der Waals surface area contributed by atoms with Gasteiger partial charge in [0.25, 0.3) is 0 Å². The summed E-state index contributed by atoms with van der Waals surface area (Å²) in [5, 5.41) is 0. The molecule has 0 aliphatic carbocycles. The Morgan fingerprint density at radius 3 is 0.873 bits per heavy atom. The quantitative estimate of drug-likeness (QED) is 0.0261. The van der Waals surface area contributed by atoms with Crippen molar-refractivity contribution in [2.75, 3.05) is 13.2 Å². The molecule has 0 saturated carbocycles. The first-order valence-electron chi connectivity index (χ1n) is 30.4. The first-order chi connectivity index (χ1) is 35.0. The largest absolute Gasteiger partial charge is 0.462 e. The van der Waals surface area contributed by atoms with Gasteiger partial charge in [-0.25, -0.2) is 0 Å². The Balaban J connectivity index is 4.27. The van der Waals surface area contributed by atoms with Crippen molar-refractivity contribution in [3.8, 4) is 0 Å². The molecular weight excluding hydrogens is 877 g/mol. The summed E-state index contributed by atoms with van der Waals surface area (Å²) in [6, 6.07) is 0. The maximum atomic E-state index is 12.9. The summed E-state index contributed by atoms with van der Waals surface area (Å²) in [5.74, 6) is -0.893. The Kier molecular flexibility index (Phi) is 56.8. The van der Waals surface area contributed by atoms with Gasteiger partial charge in [-0.05, 0) is 89.9 Å². The molecule has 0 fully saturated rings. The van der Waals surface area contributed by atoms with E-state index in [4.69, 9.17) is 14.2 Å². The van der Waals surface area contributed by atoms with Crippen molar-refractivity contribution in [3.63, 3.8) is 0 Å². The van der Waals surface area contributed by atoms with Crippen LogP contribution in [-0.4, -0.2) is 37.2 Å². The minimum atomic E-state index is -0.784. The highest BCUT2D eigenvalue weighted by Crippen LogP contribution is 2.16. The molecule has 0 rings (SSSR count). The molecule has 0 aromatic rings. The summed E-state index contributed by atoms with van der Waals surface area (Å²) >= 11 is 0. The second-order valence-corrected chi connectivity index (χ2v) is 20.2. The van der Waals surface area contributed by atoms with Gasteiger partial charge in [0.1, 0.15) is 13.2 Å². The zero-order valence-corrected chi connectivity index (χ0v) is 47.0. The summed E-state index contributed by atoms with van der Waals surface area (Å²) in [4.78, 5) is 38.1. The van der Waals surface area contributed by atoms with Gasteiger partial charge in [0.2, 0.25) is 0 Å². The van der Waals surface area contributed by atoms with Gasteiger partial charge >= 0.3 is 17.9 Å². The lowest BCUT2D eigenvalue weighted by Crippen LogP contribution is -2.30. The summed E-state index contributed by atoms with van der Waals surface area (Å²) < 4.78 is 16.8. The average Bonchev–Trinajstić information content (AvgIpc) is 3.37. The van der Waals surface area contributed by atoms with Gasteiger partial charge in [-0.1, -0.05) is 267 Å². The molecule has 1 atom stereocenters. The van der Waals surface area contributed by atoms with E-state index >= 15 is 0 Å². The van der Waals surface area contributed by atoms with E-state index in [0.717, 1.165) is 109 Å². The molecule has 0 aromatic heterocycles. The maximum absolute atomic E-state index is 12.9. The summed E-state index contributed by atoms with van der Waals surface area (Å²) in [5.41, 5.74) is 0. The van der Waals surface area contributed by atoms with E-state index < -0.39 is 6.10 Å². The van der Waals surface area contributed by atoms with Gasteiger partial charge in [-0.15, -0.1) is 0 Å². The van der Waals surface area contributed by atoms with Crippen molar-refractivity contribution < 1.29 is 28.6 Å². The standard InChI is InChI=1S/C65H114O6/c1-4-7-10-13-16-19-21-23-25-27-29-31-32-34-35-37-39-41-43-46-49-52-55-58-64(67)70-61-62(60-69-63(66)57-54-51-48-45-18-15-12-9-6-3)71-65(68)59-56-53-50-47-44-42-40-38-36-33-30-28-26-24-22-20-17-14-11-8-5-2/h8,11,17,20,24,26-27,29-30,33,38,40,62H,4-7,9-10,12-16,18-19,21-23,25,28,31-32,34-37,39,41-61H2,1-3H3/b11-8-,20-17-,26-24-,29-27-,33-30-,40-38-. The number of carbonyl (C=O) groups excluding carboxylic acids is 3. The van der Waals surface area contributed by atoms with Crippen LogP contribution in [0.5, 0.6) is 0 Å². The van der Waals surface area contributed by atoms with Crippen LogP contribution in [0.15, 0.2) is 72.9 Å². The zero-order chi connectivity index (χ0) is 51.4. The Morgan fingerprint density at radius 2 is 0.549 bits per heavy atom. The normalized spacial score (nSPS) is 12.5. The molecule has 0 saturated heterocycles. The SMILES string of the molecule is CC/C=C\C/C=C\C/C=C\C/C=C\C/C=C\CCCCCCCC(=O)OC(COC(=O)CCCCCCCCCCC)COC(=O)CCCCCCCCCCCCC/C=C\CCCCCCCCCC. The lowest BCUT2D eigenvalue weighted by atomic mass is 10.0. The predicted molar refractivity (Wildman–Crippen MR) is 307 cm³/mol. The van der Waals surface area contributed by atoms with Crippen LogP contribution >= 0.6 is 0 Å². The summed E-state index contributed by atoms with van der Waals surface area (Å²) in [6.07, 6.45) is 76.2. The first-order valence-corrected chi connectivity index (χ1v) is 30.4. The van der Waals surface area contributed by atoms with Gasteiger partial charge in [-0.3, -0.25) is 14.4 Å². The summed E-state index contributed by atoms with van der Waals surface area (Å²) in [7, 11) is 0. The molecule has 0 radical (unpaired) electrons. The smallest absolute Gasteiger partial charge is 0.306 e. The predicted octanol–water partition coefficient (Wildman–Crippen LogP) is 20.5. The molecular formula is C65H114O6.